The van der Waals surface area contributed by atoms with Gasteiger partial charge in [-0.05, 0) is 25.0 Å². The molecule has 3 rings (SSSR count). The number of halogens is 1. The Balaban J connectivity index is 2.17. The topological polar surface area (TPSA) is 68.0 Å². The van der Waals surface area contributed by atoms with Gasteiger partial charge in [0.15, 0.2) is 0 Å². The molecule has 0 radical (unpaired) electrons. The molecule has 1 aliphatic rings. The summed E-state index contributed by atoms with van der Waals surface area (Å²) in [6, 6.07) is 3.47. The second kappa shape index (κ2) is 4.10. The zero-order valence-electron chi connectivity index (χ0n) is 9.38. The average Bonchev–Trinajstić information content (AvgIpc) is 3.14. The van der Waals surface area contributed by atoms with E-state index in [9.17, 15) is 9.90 Å². The third-order valence-electron chi connectivity index (χ3n) is 2.94. The first-order chi connectivity index (χ1) is 8.68. The fourth-order valence-corrected chi connectivity index (χ4v) is 2.22. The highest BCUT2D eigenvalue weighted by Crippen LogP contribution is 2.43. The molecule has 1 fully saturated rings. The molecule has 2 aromatic heterocycles. The summed E-state index contributed by atoms with van der Waals surface area (Å²) in [7, 11) is 0. The Morgan fingerprint density at radius 1 is 1.39 bits per heavy atom. The van der Waals surface area contributed by atoms with E-state index in [1.165, 1.54) is 4.68 Å². The van der Waals surface area contributed by atoms with Crippen LogP contribution in [0.5, 0.6) is 0 Å². The lowest BCUT2D eigenvalue weighted by Crippen LogP contribution is -2.00. The largest absolute Gasteiger partial charge is 0.478 e. The molecule has 0 bridgehead atoms. The highest BCUT2D eigenvalue weighted by molar-refractivity contribution is 6.33. The summed E-state index contributed by atoms with van der Waals surface area (Å²) in [5, 5.41) is 13.7. The van der Waals surface area contributed by atoms with Gasteiger partial charge in [0.05, 0.1) is 11.4 Å². The van der Waals surface area contributed by atoms with Crippen LogP contribution in [-0.4, -0.2) is 25.8 Å². The van der Waals surface area contributed by atoms with Crippen LogP contribution in [0, 0.1) is 0 Å². The summed E-state index contributed by atoms with van der Waals surface area (Å²) < 4.78 is 1.46. The Morgan fingerprint density at radius 3 is 2.61 bits per heavy atom. The van der Waals surface area contributed by atoms with Gasteiger partial charge in [-0.15, -0.1) is 0 Å². The number of aromatic carboxylic acids is 1. The number of carbonyl (C=O) groups is 1. The zero-order chi connectivity index (χ0) is 12.7. The Morgan fingerprint density at radius 2 is 2.06 bits per heavy atom. The van der Waals surface area contributed by atoms with Gasteiger partial charge in [-0.2, -0.15) is 5.10 Å². The number of hydrogen-bond acceptors (Lipinski definition) is 3. The van der Waals surface area contributed by atoms with Crippen molar-refractivity contribution in [3.8, 4) is 5.69 Å². The number of hydrogen-bond donors (Lipinski definition) is 1. The van der Waals surface area contributed by atoms with Crippen LogP contribution < -0.4 is 0 Å². The maximum Gasteiger partial charge on any atom is 0.340 e. The van der Waals surface area contributed by atoms with Crippen molar-refractivity contribution in [2.24, 2.45) is 0 Å². The monoisotopic (exact) mass is 263 g/mol. The van der Waals surface area contributed by atoms with Crippen LogP contribution >= 0.6 is 11.6 Å². The van der Waals surface area contributed by atoms with E-state index in [4.69, 9.17) is 11.6 Å². The zero-order valence-corrected chi connectivity index (χ0v) is 10.1. The molecule has 0 unspecified atom stereocenters. The van der Waals surface area contributed by atoms with Gasteiger partial charge >= 0.3 is 5.97 Å². The summed E-state index contributed by atoms with van der Waals surface area (Å²) >= 11 is 6.13. The average molecular weight is 264 g/mol. The van der Waals surface area contributed by atoms with E-state index in [-0.39, 0.29) is 16.6 Å². The SMILES string of the molecule is O=C(O)c1c(C2CC2)nn(-c2ccncc2)c1Cl. The molecule has 1 saturated carbocycles. The molecule has 92 valence electrons. The van der Waals surface area contributed by atoms with E-state index in [0.717, 1.165) is 12.8 Å². The van der Waals surface area contributed by atoms with Crippen molar-refractivity contribution < 1.29 is 9.90 Å². The molecule has 0 amide bonds. The van der Waals surface area contributed by atoms with E-state index >= 15 is 0 Å². The van der Waals surface area contributed by atoms with Crippen molar-refractivity contribution in [1.29, 1.82) is 0 Å². The molecule has 1 aliphatic carbocycles. The first kappa shape index (κ1) is 11.2. The summed E-state index contributed by atoms with van der Waals surface area (Å²) in [6.07, 6.45) is 5.18. The van der Waals surface area contributed by atoms with Crippen LogP contribution in [0.15, 0.2) is 24.5 Å². The fourth-order valence-electron chi connectivity index (χ4n) is 1.91. The molecular weight excluding hydrogens is 254 g/mol. The summed E-state index contributed by atoms with van der Waals surface area (Å²) in [5.74, 6) is -0.793. The second-order valence-electron chi connectivity index (χ2n) is 4.25. The summed E-state index contributed by atoms with van der Waals surface area (Å²) in [6.45, 7) is 0. The molecule has 5 nitrogen and oxygen atoms in total. The molecular formula is C12H10ClN3O2. The maximum absolute atomic E-state index is 11.3. The van der Waals surface area contributed by atoms with E-state index in [2.05, 4.69) is 10.1 Å². The number of nitrogens with zero attached hydrogens (tertiary/aromatic N) is 3. The van der Waals surface area contributed by atoms with E-state index in [1.54, 1.807) is 24.5 Å². The lowest BCUT2D eigenvalue weighted by Gasteiger charge is -2.01. The Kier molecular flexibility index (Phi) is 2.56. The van der Waals surface area contributed by atoms with Gasteiger partial charge in [0.25, 0.3) is 0 Å². The lowest BCUT2D eigenvalue weighted by molar-refractivity contribution is 0.0696. The molecule has 0 aromatic carbocycles. The van der Waals surface area contributed by atoms with Crippen molar-refractivity contribution in [3.63, 3.8) is 0 Å². The molecule has 0 saturated heterocycles. The van der Waals surface area contributed by atoms with E-state index < -0.39 is 5.97 Å². The van der Waals surface area contributed by atoms with Gasteiger partial charge in [-0.3, -0.25) is 4.98 Å². The van der Waals surface area contributed by atoms with Crippen LogP contribution in [0.1, 0.15) is 34.8 Å². The molecule has 18 heavy (non-hydrogen) atoms. The standard InChI is InChI=1S/C12H10ClN3O2/c13-11-9(12(17)18)10(7-1-2-7)15-16(11)8-3-5-14-6-4-8/h3-7H,1-2H2,(H,17,18). The quantitative estimate of drug-likeness (QED) is 0.924. The van der Waals surface area contributed by atoms with E-state index in [1.807, 2.05) is 0 Å². The molecule has 0 aliphatic heterocycles. The molecule has 0 atom stereocenters. The van der Waals surface area contributed by atoms with Gasteiger partial charge in [-0.25, -0.2) is 9.48 Å². The fraction of sp³-hybridized carbons (Fsp3) is 0.250. The Labute approximate surface area is 108 Å². The number of pyridine rings is 1. The van der Waals surface area contributed by atoms with Gasteiger partial charge in [-0.1, -0.05) is 11.6 Å². The van der Waals surface area contributed by atoms with Gasteiger partial charge < -0.3 is 5.11 Å². The number of rotatable bonds is 3. The number of aromatic nitrogens is 3. The van der Waals surface area contributed by atoms with Crippen LogP contribution in [0.4, 0.5) is 0 Å². The van der Waals surface area contributed by atoms with Gasteiger partial charge in [0.1, 0.15) is 10.7 Å². The normalized spacial score (nSPS) is 14.7. The van der Waals surface area contributed by atoms with Gasteiger partial charge in [0.2, 0.25) is 0 Å². The van der Waals surface area contributed by atoms with Crippen LogP contribution in [0.25, 0.3) is 5.69 Å². The minimum atomic E-state index is -1.03. The minimum Gasteiger partial charge on any atom is -0.478 e. The maximum atomic E-state index is 11.3. The lowest BCUT2D eigenvalue weighted by atomic mass is 10.2. The van der Waals surface area contributed by atoms with Crippen molar-refractivity contribution in [1.82, 2.24) is 14.8 Å². The number of carboxylic acids is 1. The predicted molar refractivity (Wildman–Crippen MR) is 65.3 cm³/mol. The Bertz CT molecular complexity index is 605. The predicted octanol–water partition coefficient (Wildman–Crippen LogP) is 2.50. The first-order valence-corrected chi connectivity index (χ1v) is 5.98. The van der Waals surface area contributed by atoms with Crippen molar-refractivity contribution in [2.45, 2.75) is 18.8 Å². The molecule has 6 heteroatoms. The summed E-state index contributed by atoms with van der Waals surface area (Å²) in [5.41, 5.74) is 1.42. The van der Waals surface area contributed by atoms with Gasteiger partial charge in [0, 0.05) is 18.3 Å². The van der Waals surface area contributed by atoms with Crippen LogP contribution in [0.3, 0.4) is 0 Å². The minimum absolute atomic E-state index is 0.121. The Hall–Kier alpha value is -1.88. The molecule has 2 aromatic rings. The third-order valence-corrected chi connectivity index (χ3v) is 3.29. The van der Waals surface area contributed by atoms with Crippen LogP contribution in [-0.2, 0) is 0 Å². The first-order valence-electron chi connectivity index (χ1n) is 5.60. The highest BCUT2D eigenvalue weighted by Gasteiger charge is 2.34. The summed E-state index contributed by atoms with van der Waals surface area (Å²) in [4.78, 5) is 15.2. The second-order valence-corrected chi connectivity index (χ2v) is 4.61. The molecule has 1 N–H and O–H groups in total. The third kappa shape index (κ3) is 1.76. The van der Waals surface area contributed by atoms with E-state index in [0.29, 0.717) is 11.4 Å². The van der Waals surface area contributed by atoms with Crippen molar-refractivity contribution in [3.05, 3.63) is 40.9 Å². The number of carboxylic acid groups (broad SMARTS) is 1. The van der Waals surface area contributed by atoms with Crippen molar-refractivity contribution in [2.75, 3.05) is 0 Å². The van der Waals surface area contributed by atoms with Crippen molar-refractivity contribution >= 4 is 17.6 Å². The smallest absolute Gasteiger partial charge is 0.340 e. The molecule has 2 heterocycles. The molecule has 0 spiro atoms. The van der Waals surface area contributed by atoms with Crippen LogP contribution in [0.2, 0.25) is 5.15 Å². The highest BCUT2D eigenvalue weighted by atomic mass is 35.5.